The van der Waals surface area contributed by atoms with Crippen molar-refractivity contribution < 1.29 is 4.39 Å². The van der Waals surface area contributed by atoms with Gasteiger partial charge in [0.25, 0.3) is 0 Å². The topological polar surface area (TPSA) is 46.8 Å². The number of nitrogens with zero attached hydrogens (tertiary/aromatic N) is 5. The maximum absolute atomic E-state index is 13.0. The van der Waals surface area contributed by atoms with Crippen LogP contribution in [0.2, 0.25) is 0 Å². The molecule has 0 bridgehead atoms. The summed E-state index contributed by atoms with van der Waals surface area (Å²) in [5.74, 6) is 0.933. The monoisotopic (exact) mass is 371 g/mol. The predicted octanol–water partition coefficient (Wildman–Crippen LogP) is 3.87. The van der Waals surface area contributed by atoms with Crippen LogP contribution >= 0.6 is 11.3 Å². The molecule has 7 heteroatoms. The number of benzene rings is 1. The maximum atomic E-state index is 13.0. The largest absolute Gasteiger partial charge is 0.345 e. The third-order valence-electron chi connectivity index (χ3n) is 4.85. The molecule has 26 heavy (non-hydrogen) atoms. The van der Waals surface area contributed by atoms with Crippen LogP contribution in [0, 0.1) is 5.82 Å². The van der Waals surface area contributed by atoms with Gasteiger partial charge in [-0.1, -0.05) is 30.4 Å². The van der Waals surface area contributed by atoms with Gasteiger partial charge >= 0.3 is 0 Å². The number of halogens is 1. The summed E-state index contributed by atoms with van der Waals surface area (Å²) in [5.41, 5.74) is 1.05. The quantitative estimate of drug-likeness (QED) is 0.683. The Morgan fingerprint density at radius 2 is 2.08 bits per heavy atom. The fourth-order valence-electron chi connectivity index (χ4n) is 3.53. The minimum absolute atomic E-state index is 0.211. The van der Waals surface area contributed by atoms with Crippen LogP contribution in [0.1, 0.15) is 42.2 Å². The van der Waals surface area contributed by atoms with E-state index in [0.717, 1.165) is 47.5 Å². The Morgan fingerprint density at radius 1 is 1.23 bits per heavy atom. The molecule has 1 aromatic carbocycles. The first-order valence-corrected chi connectivity index (χ1v) is 9.88. The van der Waals surface area contributed by atoms with Gasteiger partial charge in [-0.05, 0) is 30.5 Å². The number of hydrogen-bond acceptors (Lipinski definition) is 5. The Bertz CT molecular complexity index is 857. The molecular formula is C19H22FN5S. The molecule has 0 amide bonds. The molecule has 136 valence electrons. The van der Waals surface area contributed by atoms with Crippen molar-refractivity contribution >= 4 is 16.5 Å². The number of piperidine rings is 1. The zero-order valence-corrected chi connectivity index (χ0v) is 15.6. The summed E-state index contributed by atoms with van der Waals surface area (Å²) in [6, 6.07) is 7.02. The van der Waals surface area contributed by atoms with Crippen molar-refractivity contribution in [2.75, 3.05) is 18.0 Å². The van der Waals surface area contributed by atoms with Crippen molar-refractivity contribution in [2.24, 2.45) is 0 Å². The molecule has 0 N–H and O–H groups in total. The van der Waals surface area contributed by atoms with E-state index in [2.05, 4.69) is 37.8 Å². The van der Waals surface area contributed by atoms with E-state index in [1.165, 1.54) is 18.6 Å². The zero-order chi connectivity index (χ0) is 17.9. The smallest absolute Gasteiger partial charge is 0.208 e. The van der Waals surface area contributed by atoms with E-state index in [9.17, 15) is 4.39 Å². The third kappa shape index (κ3) is 3.62. The normalized spacial score (nSPS) is 17.6. The molecule has 5 nitrogen and oxygen atoms in total. The van der Waals surface area contributed by atoms with E-state index in [0.29, 0.717) is 12.5 Å². The van der Waals surface area contributed by atoms with Crippen LogP contribution in [-0.2, 0) is 12.8 Å². The van der Waals surface area contributed by atoms with Gasteiger partial charge in [-0.15, -0.1) is 10.2 Å². The summed E-state index contributed by atoms with van der Waals surface area (Å²) >= 11 is 1.63. The molecule has 1 aliphatic heterocycles. The van der Waals surface area contributed by atoms with Crippen molar-refractivity contribution in [3.05, 3.63) is 58.9 Å². The van der Waals surface area contributed by atoms with Gasteiger partial charge in [0, 0.05) is 38.3 Å². The van der Waals surface area contributed by atoms with E-state index in [1.807, 2.05) is 6.20 Å². The molecule has 1 aliphatic rings. The molecule has 1 unspecified atom stereocenters. The minimum atomic E-state index is -0.211. The van der Waals surface area contributed by atoms with Gasteiger partial charge in [-0.25, -0.2) is 9.37 Å². The second kappa shape index (κ2) is 7.53. The van der Waals surface area contributed by atoms with E-state index >= 15 is 0 Å². The lowest BCUT2D eigenvalue weighted by Gasteiger charge is -2.33. The van der Waals surface area contributed by atoms with Crippen molar-refractivity contribution in [3.63, 3.8) is 0 Å². The second-order valence-electron chi connectivity index (χ2n) is 6.63. The van der Waals surface area contributed by atoms with E-state index in [-0.39, 0.29) is 5.82 Å². The van der Waals surface area contributed by atoms with Crippen LogP contribution in [0.4, 0.5) is 9.52 Å². The van der Waals surface area contributed by atoms with Crippen molar-refractivity contribution in [1.29, 1.82) is 0 Å². The first kappa shape index (κ1) is 17.1. The fourth-order valence-corrected chi connectivity index (χ4v) is 4.43. The molecule has 4 rings (SSSR count). The van der Waals surface area contributed by atoms with E-state index < -0.39 is 0 Å². The van der Waals surface area contributed by atoms with Crippen LogP contribution in [0.25, 0.3) is 0 Å². The molecule has 1 atom stereocenters. The fraction of sp³-hybridized carbons (Fsp3) is 0.421. The van der Waals surface area contributed by atoms with Gasteiger partial charge in [-0.2, -0.15) is 0 Å². The molecule has 0 spiro atoms. The SMILES string of the molecule is CCc1nccn1C1CCCN(c2nnc(Cc3ccc(F)cc3)s2)C1. The van der Waals surface area contributed by atoms with Crippen LogP contribution < -0.4 is 4.90 Å². The van der Waals surface area contributed by atoms with E-state index in [1.54, 1.807) is 23.5 Å². The number of hydrogen-bond donors (Lipinski definition) is 0. The van der Waals surface area contributed by atoms with Crippen LogP contribution in [-0.4, -0.2) is 32.8 Å². The first-order valence-electron chi connectivity index (χ1n) is 9.06. The third-order valence-corrected chi connectivity index (χ3v) is 5.83. The highest BCUT2D eigenvalue weighted by Crippen LogP contribution is 2.29. The molecule has 2 aromatic heterocycles. The Labute approximate surface area is 156 Å². The standard InChI is InChI=1S/C19H22FN5S/c1-2-17-21-9-11-25(17)16-4-3-10-24(13-16)19-23-22-18(26-19)12-14-5-7-15(20)8-6-14/h5-9,11,16H,2-4,10,12-13H2,1H3. The molecule has 0 saturated carbocycles. The molecule has 1 fully saturated rings. The number of imidazole rings is 1. The van der Waals surface area contributed by atoms with Gasteiger partial charge in [0.15, 0.2) is 0 Å². The zero-order valence-electron chi connectivity index (χ0n) is 14.8. The van der Waals surface area contributed by atoms with E-state index in [4.69, 9.17) is 0 Å². The van der Waals surface area contributed by atoms with Gasteiger partial charge in [0.2, 0.25) is 5.13 Å². The summed E-state index contributed by atoms with van der Waals surface area (Å²) in [5, 5.41) is 10.7. The lowest BCUT2D eigenvalue weighted by atomic mass is 10.1. The highest BCUT2D eigenvalue weighted by atomic mass is 32.1. The molecule has 1 saturated heterocycles. The maximum Gasteiger partial charge on any atom is 0.208 e. The predicted molar refractivity (Wildman–Crippen MR) is 101 cm³/mol. The van der Waals surface area contributed by atoms with Crippen molar-refractivity contribution in [2.45, 2.75) is 38.6 Å². The average molecular weight is 371 g/mol. The highest BCUT2D eigenvalue weighted by molar-refractivity contribution is 7.15. The Hall–Kier alpha value is -2.28. The Balaban J connectivity index is 1.46. The summed E-state index contributed by atoms with van der Waals surface area (Å²) < 4.78 is 15.4. The lowest BCUT2D eigenvalue weighted by Crippen LogP contribution is -2.36. The van der Waals surface area contributed by atoms with Crippen LogP contribution in [0.15, 0.2) is 36.7 Å². The lowest BCUT2D eigenvalue weighted by molar-refractivity contribution is 0.395. The van der Waals surface area contributed by atoms with Gasteiger partial charge < -0.3 is 9.47 Å². The van der Waals surface area contributed by atoms with Crippen LogP contribution in [0.3, 0.4) is 0 Å². The molecular weight excluding hydrogens is 349 g/mol. The number of aromatic nitrogens is 4. The van der Waals surface area contributed by atoms with Gasteiger partial charge in [0.05, 0.1) is 6.04 Å². The highest BCUT2D eigenvalue weighted by Gasteiger charge is 2.24. The van der Waals surface area contributed by atoms with Gasteiger partial charge in [0.1, 0.15) is 16.6 Å². The molecule has 0 aliphatic carbocycles. The number of anilines is 1. The Morgan fingerprint density at radius 3 is 2.88 bits per heavy atom. The van der Waals surface area contributed by atoms with Crippen molar-refractivity contribution in [3.8, 4) is 0 Å². The number of rotatable bonds is 5. The number of aryl methyl sites for hydroxylation is 1. The average Bonchev–Trinajstić information content (AvgIpc) is 3.33. The van der Waals surface area contributed by atoms with Crippen LogP contribution in [0.5, 0.6) is 0 Å². The Kier molecular flexibility index (Phi) is 4.97. The first-order chi connectivity index (χ1) is 12.7. The summed E-state index contributed by atoms with van der Waals surface area (Å²) in [4.78, 5) is 6.79. The molecule has 3 heterocycles. The molecule has 0 radical (unpaired) electrons. The minimum Gasteiger partial charge on any atom is -0.345 e. The summed E-state index contributed by atoms with van der Waals surface area (Å²) in [6.07, 6.45) is 7.93. The summed E-state index contributed by atoms with van der Waals surface area (Å²) in [7, 11) is 0. The van der Waals surface area contributed by atoms with Crippen molar-refractivity contribution in [1.82, 2.24) is 19.7 Å². The second-order valence-corrected chi connectivity index (χ2v) is 7.67. The van der Waals surface area contributed by atoms with Gasteiger partial charge in [-0.3, -0.25) is 0 Å². The summed E-state index contributed by atoms with van der Waals surface area (Å²) in [6.45, 7) is 4.10. The molecule has 3 aromatic rings.